The molecule has 1 N–H and O–H groups in total. The van der Waals surface area contributed by atoms with Gasteiger partial charge in [0.15, 0.2) is 0 Å². The van der Waals surface area contributed by atoms with Crippen LogP contribution in [0.2, 0.25) is 0 Å². The van der Waals surface area contributed by atoms with Gasteiger partial charge in [-0.3, -0.25) is 9.59 Å². The normalized spacial score (nSPS) is 25.1. The van der Waals surface area contributed by atoms with E-state index in [1.165, 1.54) is 32.1 Å². The fraction of sp³-hybridized carbons (Fsp3) is 0.591. The summed E-state index contributed by atoms with van der Waals surface area (Å²) in [6.45, 7) is 0. The molecule has 1 aromatic heterocycles. The third-order valence-electron chi connectivity index (χ3n) is 6.25. The number of nitrogens with zero attached hydrogens (tertiary/aromatic N) is 1. The van der Waals surface area contributed by atoms with Gasteiger partial charge in [-0.05, 0) is 49.7 Å². The Morgan fingerprint density at radius 1 is 1.11 bits per heavy atom. The number of hydrogen-bond donors (Lipinski definition) is 1. The lowest BCUT2D eigenvalue weighted by atomic mass is 9.70. The van der Waals surface area contributed by atoms with Gasteiger partial charge in [-0.2, -0.15) is 0 Å². The van der Waals surface area contributed by atoms with Crippen LogP contribution >= 0.6 is 0 Å². The van der Waals surface area contributed by atoms with Gasteiger partial charge in [-0.15, -0.1) is 0 Å². The first-order valence-corrected chi connectivity index (χ1v) is 10.4. The molecule has 4 rings (SSSR count). The number of aryl methyl sites for hydroxylation is 1. The summed E-state index contributed by atoms with van der Waals surface area (Å²) in [6, 6.07) is 7.31. The minimum Gasteiger partial charge on any atom is -0.462 e. The highest BCUT2D eigenvalue weighted by Gasteiger charge is 2.33. The largest absolute Gasteiger partial charge is 0.462 e. The predicted molar refractivity (Wildman–Crippen MR) is 104 cm³/mol. The maximum absolute atomic E-state index is 12.2. The van der Waals surface area contributed by atoms with Crippen LogP contribution in [0.4, 0.5) is 0 Å². The Kier molecular flexibility index (Phi) is 5.55. The Balaban J connectivity index is 1.26. The Morgan fingerprint density at radius 3 is 2.81 bits per heavy atom. The van der Waals surface area contributed by atoms with Crippen molar-refractivity contribution >= 4 is 16.9 Å². The van der Waals surface area contributed by atoms with Gasteiger partial charge in [-0.25, -0.2) is 4.98 Å². The first-order chi connectivity index (χ1) is 13.2. The van der Waals surface area contributed by atoms with Crippen molar-refractivity contribution in [3.63, 3.8) is 0 Å². The first-order valence-electron chi connectivity index (χ1n) is 10.4. The number of H-pyrrole nitrogens is 1. The molecule has 5 heteroatoms. The van der Waals surface area contributed by atoms with Gasteiger partial charge in [0.2, 0.25) is 0 Å². The van der Waals surface area contributed by atoms with E-state index in [1.54, 1.807) is 6.07 Å². The molecule has 0 saturated heterocycles. The molecule has 2 aromatic rings. The Bertz CT molecular complexity index is 860. The average molecular weight is 368 g/mol. The molecule has 27 heavy (non-hydrogen) atoms. The number of esters is 1. The van der Waals surface area contributed by atoms with Crippen molar-refractivity contribution in [2.24, 2.45) is 11.8 Å². The van der Waals surface area contributed by atoms with Crippen LogP contribution in [-0.2, 0) is 16.0 Å². The van der Waals surface area contributed by atoms with Gasteiger partial charge in [0.1, 0.15) is 11.9 Å². The standard InChI is InChI=1S/C22H28N2O3/c25-21(27-17-13-12-15-6-1-2-7-16(15)14-17)11-5-10-20-23-19-9-4-3-8-18(19)22(26)24-20/h3-4,8-9,15-17H,1-2,5-7,10-14H2,(H,23,24,26)/t15-,16-,17+/m0/s1. The number of rotatable bonds is 5. The van der Waals surface area contributed by atoms with Crippen molar-refractivity contribution in [1.82, 2.24) is 9.97 Å². The Hall–Kier alpha value is -2.17. The number of carbonyl (C=O) groups excluding carboxylic acids is 1. The summed E-state index contributed by atoms with van der Waals surface area (Å²) in [4.78, 5) is 31.6. The zero-order valence-corrected chi connectivity index (χ0v) is 15.8. The molecule has 3 atom stereocenters. The van der Waals surface area contributed by atoms with Crippen LogP contribution in [0.1, 0.15) is 63.6 Å². The van der Waals surface area contributed by atoms with Gasteiger partial charge in [-0.1, -0.05) is 37.8 Å². The van der Waals surface area contributed by atoms with Crippen molar-refractivity contribution in [2.45, 2.75) is 70.3 Å². The van der Waals surface area contributed by atoms with E-state index in [4.69, 9.17) is 4.74 Å². The Morgan fingerprint density at radius 2 is 1.93 bits per heavy atom. The minimum absolute atomic E-state index is 0.107. The van der Waals surface area contributed by atoms with Crippen LogP contribution in [0, 0.1) is 11.8 Å². The maximum Gasteiger partial charge on any atom is 0.306 e. The van der Waals surface area contributed by atoms with Gasteiger partial charge in [0, 0.05) is 12.8 Å². The van der Waals surface area contributed by atoms with E-state index < -0.39 is 0 Å². The molecule has 5 nitrogen and oxygen atoms in total. The Labute approximate surface area is 159 Å². The fourth-order valence-electron chi connectivity index (χ4n) is 4.84. The summed E-state index contributed by atoms with van der Waals surface area (Å²) < 4.78 is 5.74. The van der Waals surface area contributed by atoms with Gasteiger partial charge in [0.25, 0.3) is 5.56 Å². The highest BCUT2D eigenvalue weighted by molar-refractivity contribution is 5.77. The lowest BCUT2D eigenvalue weighted by Crippen LogP contribution is -2.33. The van der Waals surface area contributed by atoms with Crippen molar-refractivity contribution in [2.75, 3.05) is 0 Å². The smallest absolute Gasteiger partial charge is 0.306 e. The van der Waals surface area contributed by atoms with Crippen molar-refractivity contribution in [1.29, 1.82) is 0 Å². The lowest BCUT2D eigenvalue weighted by Gasteiger charge is -2.38. The maximum atomic E-state index is 12.2. The second-order valence-corrected chi connectivity index (χ2v) is 8.11. The van der Waals surface area contributed by atoms with Gasteiger partial charge in [0.05, 0.1) is 10.9 Å². The van der Waals surface area contributed by atoms with Crippen LogP contribution in [0.25, 0.3) is 10.9 Å². The summed E-state index contributed by atoms with van der Waals surface area (Å²) in [6.07, 6.45) is 10.4. The van der Waals surface area contributed by atoms with E-state index in [-0.39, 0.29) is 17.6 Å². The highest BCUT2D eigenvalue weighted by Crippen LogP contribution is 2.41. The second-order valence-electron chi connectivity index (χ2n) is 8.11. The molecule has 2 aliphatic carbocycles. The highest BCUT2D eigenvalue weighted by atomic mass is 16.5. The number of nitrogens with one attached hydrogen (secondary N) is 1. The molecule has 144 valence electrons. The van der Waals surface area contributed by atoms with E-state index in [2.05, 4.69) is 9.97 Å². The van der Waals surface area contributed by atoms with Gasteiger partial charge >= 0.3 is 5.97 Å². The van der Waals surface area contributed by atoms with Crippen LogP contribution in [0.15, 0.2) is 29.1 Å². The summed E-state index contributed by atoms with van der Waals surface area (Å²) in [5.74, 6) is 2.15. The molecule has 0 amide bonds. The lowest BCUT2D eigenvalue weighted by molar-refractivity contribution is -0.152. The van der Waals surface area contributed by atoms with E-state index in [0.717, 1.165) is 24.7 Å². The average Bonchev–Trinajstić information content (AvgIpc) is 2.68. The van der Waals surface area contributed by atoms with Crippen molar-refractivity contribution in [3.8, 4) is 0 Å². The molecule has 0 bridgehead atoms. The predicted octanol–water partition coefficient (Wildman–Crippen LogP) is 4.15. The molecule has 1 aromatic carbocycles. The third-order valence-corrected chi connectivity index (χ3v) is 6.25. The molecule has 0 unspecified atom stereocenters. The molecule has 0 radical (unpaired) electrons. The van der Waals surface area contributed by atoms with Gasteiger partial charge < -0.3 is 9.72 Å². The van der Waals surface area contributed by atoms with Crippen LogP contribution in [-0.4, -0.2) is 22.0 Å². The summed E-state index contributed by atoms with van der Waals surface area (Å²) in [5, 5.41) is 0.596. The number of hydrogen-bond acceptors (Lipinski definition) is 4. The van der Waals surface area contributed by atoms with Crippen LogP contribution < -0.4 is 5.56 Å². The van der Waals surface area contributed by atoms with E-state index >= 15 is 0 Å². The quantitative estimate of drug-likeness (QED) is 0.805. The van der Waals surface area contributed by atoms with E-state index in [9.17, 15) is 9.59 Å². The first kappa shape index (κ1) is 18.2. The molecule has 2 aliphatic rings. The zero-order valence-electron chi connectivity index (χ0n) is 15.8. The van der Waals surface area contributed by atoms with Crippen LogP contribution in [0.5, 0.6) is 0 Å². The minimum atomic E-state index is -0.123. The zero-order chi connectivity index (χ0) is 18.6. The number of para-hydroxylation sites is 1. The van der Waals surface area contributed by atoms with E-state index in [0.29, 0.717) is 36.0 Å². The molecule has 0 spiro atoms. The summed E-state index contributed by atoms with van der Waals surface area (Å²) in [7, 11) is 0. The SMILES string of the molecule is O=C(CCCc1nc2ccccc2c(=O)[nH]1)O[C@@H]1CC[C@@H]2CCCC[C@H]2C1. The number of aromatic nitrogens is 2. The van der Waals surface area contributed by atoms with Crippen molar-refractivity contribution in [3.05, 3.63) is 40.4 Å². The number of aromatic amines is 1. The molecule has 2 saturated carbocycles. The molecule has 0 aliphatic heterocycles. The fourth-order valence-corrected chi connectivity index (χ4v) is 4.84. The van der Waals surface area contributed by atoms with Crippen LogP contribution in [0.3, 0.4) is 0 Å². The molecular formula is C22H28N2O3. The monoisotopic (exact) mass is 368 g/mol. The molecule has 2 fully saturated rings. The van der Waals surface area contributed by atoms with Crippen molar-refractivity contribution < 1.29 is 9.53 Å². The number of carbonyl (C=O) groups is 1. The summed E-state index contributed by atoms with van der Waals surface area (Å²) in [5.41, 5.74) is 0.575. The number of fused-ring (bicyclic) bond motifs is 2. The number of ether oxygens (including phenoxy) is 1. The molecule has 1 heterocycles. The topological polar surface area (TPSA) is 72.0 Å². The third kappa shape index (κ3) is 4.40. The number of benzene rings is 1. The van der Waals surface area contributed by atoms with E-state index in [1.807, 2.05) is 18.2 Å². The second kappa shape index (κ2) is 8.24. The summed E-state index contributed by atoms with van der Waals surface area (Å²) >= 11 is 0. The molecular weight excluding hydrogens is 340 g/mol.